The zero-order valence-corrected chi connectivity index (χ0v) is 11.5. The summed E-state index contributed by atoms with van der Waals surface area (Å²) in [5.74, 6) is 2.60. The van der Waals surface area contributed by atoms with Crippen molar-refractivity contribution in [3.63, 3.8) is 0 Å². The minimum atomic E-state index is -3.14. The number of terminal acetylenes is 1. The number of nitrogens with two attached hydrogens (primary N) is 1. The van der Waals surface area contributed by atoms with Gasteiger partial charge < -0.3 is 10.5 Å². The Balaban J connectivity index is 2.35. The second-order valence-electron chi connectivity index (χ2n) is 4.38. The van der Waals surface area contributed by atoms with Gasteiger partial charge in [0.05, 0.1) is 18.5 Å². The fourth-order valence-corrected chi connectivity index (χ4v) is 3.53. The molecule has 1 fully saturated rings. The quantitative estimate of drug-likeness (QED) is 0.530. The first-order valence-electron chi connectivity index (χ1n) is 6.33. The van der Waals surface area contributed by atoms with Gasteiger partial charge in [0, 0.05) is 26.1 Å². The molecule has 0 spiro atoms. The number of nitrogens with zero attached hydrogens (tertiary/aromatic N) is 1. The van der Waals surface area contributed by atoms with Crippen LogP contribution in [-0.2, 0) is 14.8 Å². The summed E-state index contributed by atoms with van der Waals surface area (Å²) >= 11 is 0. The zero-order valence-electron chi connectivity index (χ0n) is 10.7. The summed E-state index contributed by atoms with van der Waals surface area (Å²) in [5.41, 5.74) is 5.36. The lowest BCUT2D eigenvalue weighted by molar-refractivity contribution is 0.0257. The van der Waals surface area contributed by atoms with Crippen molar-refractivity contribution in [2.24, 2.45) is 5.73 Å². The molecule has 0 aromatic heterocycles. The Labute approximate surface area is 110 Å². The molecule has 1 aliphatic rings. The van der Waals surface area contributed by atoms with E-state index in [0.29, 0.717) is 39.1 Å². The molecule has 0 amide bonds. The Hall–Kier alpha value is -0.610. The highest BCUT2D eigenvalue weighted by Crippen LogP contribution is 2.17. The molecule has 1 saturated heterocycles. The molecule has 5 nitrogen and oxygen atoms in total. The molecule has 2 N–H and O–H groups in total. The van der Waals surface area contributed by atoms with E-state index in [1.54, 1.807) is 4.31 Å². The van der Waals surface area contributed by atoms with E-state index in [0.717, 1.165) is 12.8 Å². The van der Waals surface area contributed by atoms with E-state index in [9.17, 15) is 8.42 Å². The van der Waals surface area contributed by atoms with Crippen LogP contribution >= 0.6 is 0 Å². The fourth-order valence-electron chi connectivity index (χ4n) is 2.00. The molecule has 0 aliphatic carbocycles. The maximum atomic E-state index is 12.0. The van der Waals surface area contributed by atoms with Gasteiger partial charge in [0.15, 0.2) is 0 Å². The molecule has 0 atom stereocenters. The van der Waals surface area contributed by atoms with Crippen LogP contribution in [0.5, 0.6) is 0 Å². The van der Waals surface area contributed by atoms with Gasteiger partial charge in [-0.1, -0.05) is 0 Å². The van der Waals surface area contributed by atoms with Gasteiger partial charge in [0.1, 0.15) is 0 Å². The molecule has 0 bridgehead atoms. The standard InChI is InChI=1S/C12H22N2O3S/c1-2-3-4-11-18(15,16)14-8-5-12(6-9-14)17-10-7-13/h1,12H,3-11,13H2. The first kappa shape index (κ1) is 15.4. The van der Waals surface area contributed by atoms with Crippen LogP contribution in [0.4, 0.5) is 0 Å². The van der Waals surface area contributed by atoms with Crippen LogP contribution < -0.4 is 5.73 Å². The molecule has 0 saturated carbocycles. The van der Waals surface area contributed by atoms with Gasteiger partial charge >= 0.3 is 0 Å². The smallest absolute Gasteiger partial charge is 0.214 e. The predicted molar refractivity (Wildman–Crippen MR) is 71.5 cm³/mol. The number of hydrogen-bond donors (Lipinski definition) is 1. The van der Waals surface area contributed by atoms with Gasteiger partial charge in [-0.3, -0.25) is 0 Å². The van der Waals surface area contributed by atoms with Crippen molar-refractivity contribution in [2.75, 3.05) is 32.0 Å². The normalized spacial score (nSPS) is 18.7. The molecule has 0 aromatic rings. The Kier molecular flexibility index (Phi) is 6.65. The van der Waals surface area contributed by atoms with E-state index in [1.165, 1.54) is 0 Å². The van der Waals surface area contributed by atoms with E-state index < -0.39 is 10.0 Å². The average molecular weight is 274 g/mol. The largest absolute Gasteiger partial charge is 0.377 e. The van der Waals surface area contributed by atoms with Crippen LogP contribution in [0.2, 0.25) is 0 Å². The van der Waals surface area contributed by atoms with Crippen LogP contribution in [0.15, 0.2) is 0 Å². The van der Waals surface area contributed by atoms with E-state index in [2.05, 4.69) is 5.92 Å². The average Bonchev–Trinajstić information content (AvgIpc) is 2.37. The summed E-state index contributed by atoms with van der Waals surface area (Å²) in [4.78, 5) is 0. The van der Waals surface area contributed by atoms with Crippen molar-refractivity contribution < 1.29 is 13.2 Å². The molecule has 0 aromatic carbocycles. The van der Waals surface area contributed by atoms with Gasteiger partial charge in [0.25, 0.3) is 0 Å². The number of rotatable bonds is 7. The molecule has 104 valence electrons. The molecule has 1 heterocycles. The first-order valence-corrected chi connectivity index (χ1v) is 7.94. The summed E-state index contributed by atoms with van der Waals surface area (Å²) in [5, 5.41) is 0. The summed E-state index contributed by atoms with van der Waals surface area (Å²) in [7, 11) is -3.14. The van der Waals surface area contributed by atoms with Crippen LogP contribution in [-0.4, -0.2) is 50.8 Å². The minimum absolute atomic E-state index is 0.144. The molecule has 1 rings (SSSR count). The zero-order chi connectivity index (χ0) is 13.4. The van der Waals surface area contributed by atoms with E-state index >= 15 is 0 Å². The molecular weight excluding hydrogens is 252 g/mol. The van der Waals surface area contributed by atoms with Crippen molar-refractivity contribution in [1.82, 2.24) is 4.31 Å². The minimum Gasteiger partial charge on any atom is -0.377 e. The monoisotopic (exact) mass is 274 g/mol. The van der Waals surface area contributed by atoms with Crippen molar-refractivity contribution in [3.05, 3.63) is 0 Å². The Bertz CT molecular complexity index is 367. The predicted octanol–water partition coefficient (Wildman–Crippen LogP) is 0.169. The summed E-state index contributed by atoms with van der Waals surface area (Å²) in [6.45, 7) is 2.12. The number of unbranched alkanes of at least 4 members (excludes halogenated alkanes) is 1. The molecule has 6 heteroatoms. The Morgan fingerprint density at radius 1 is 1.39 bits per heavy atom. The summed E-state index contributed by atoms with van der Waals surface area (Å²) < 4.78 is 31.0. The highest BCUT2D eigenvalue weighted by atomic mass is 32.2. The SMILES string of the molecule is C#CCCCS(=O)(=O)N1CCC(OCCN)CC1. The van der Waals surface area contributed by atoms with Crippen LogP contribution in [0.25, 0.3) is 0 Å². The third kappa shape index (κ3) is 4.94. The van der Waals surface area contributed by atoms with E-state index in [4.69, 9.17) is 16.9 Å². The third-order valence-corrected chi connectivity index (χ3v) is 4.95. The van der Waals surface area contributed by atoms with Crippen LogP contribution in [0, 0.1) is 12.3 Å². The summed E-state index contributed by atoms with van der Waals surface area (Å²) in [6, 6.07) is 0. The number of sulfonamides is 1. The van der Waals surface area contributed by atoms with E-state index in [-0.39, 0.29) is 11.9 Å². The van der Waals surface area contributed by atoms with Crippen LogP contribution in [0.3, 0.4) is 0 Å². The molecule has 1 aliphatic heterocycles. The Morgan fingerprint density at radius 2 is 2.06 bits per heavy atom. The maximum absolute atomic E-state index is 12.0. The number of piperidine rings is 1. The van der Waals surface area contributed by atoms with Crippen molar-refractivity contribution >= 4 is 10.0 Å². The maximum Gasteiger partial charge on any atom is 0.214 e. The van der Waals surface area contributed by atoms with Gasteiger partial charge in [0.2, 0.25) is 10.0 Å². The lowest BCUT2D eigenvalue weighted by atomic mass is 10.1. The van der Waals surface area contributed by atoms with Crippen molar-refractivity contribution in [3.8, 4) is 12.3 Å². The molecule has 0 radical (unpaired) electrons. The second-order valence-corrected chi connectivity index (χ2v) is 6.47. The number of ether oxygens (including phenoxy) is 1. The highest BCUT2D eigenvalue weighted by molar-refractivity contribution is 7.89. The van der Waals surface area contributed by atoms with Gasteiger partial charge in [-0.05, 0) is 19.3 Å². The highest BCUT2D eigenvalue weighted by Gasteiger charge is 2.27. The van der Waals surface area contributed by atoms with Crippen LogP contribution in [0.1, 0.15) is 25.7 Å². The lowest BCUT2D eigenvalue weighted by Crippen LogP contribution is -2.42. The van der Waals surface area contributed by atoms with Gasteiger partial charge in [-0.15, -0.1) is 12.3 Å². The lowest BCUT2D eigenvalue weighted by Gasteiger charge is -2.31. The molecule has 0 unspecified atom stereocenters. The van der Waals surface area contributed by atoms with Crippen molar-refractivity contribution in [1.29, 1.82) is 0 Å². The van der Waals surface area contributed by atoms with Crippen molar-refractivity contribution in [2.45, 2.75) is 31.8 Å². The molecular formula is C12H22N2O3S. The van der Waals surface area contributed by atoms with Gasteiger partial charge in [-0.2, -0.15) is 0 Å². The van der Waals surface area contributed by atoms with E-state index in [1.807, 2.05) is 0 Å². The topological polar surface area (TPSA) is 72.6 Å². The number of hydrogen-bond acceptors (Lipinski definition) is 4. The first-order chi connectivity index (χ1) is 8.60. The summed E-state index contributed by atoms with van der Waals surface area (Å²) in [6.07, 6.45) is 7.79. The Morgan fingerprint density at radius 3 is 2.61 bits per heavy atom. The third-order valence-electron chi connectivity index (χ3n) is 2.99. The fraction of sp³-hybridized carbons (Fsp3) is 0.833. The van der Waals surface area contributed by atoms with Gasteiger partial charge in [-0.25, -0.2) is 12.7 Å². The second kappa shape index (κ2) is 7.74. The molecule has 18 heavy (non-hydrogen) atoms.